The van der Waals surface area contributed by atoms with E-state index in [-0.39, 0.29) is 17.1 Å². The minimum absolute atomic E-state index is 0. The number of rotatable bonds is 2. The van der Waals surface area contributed by atoms with E-state index in [9.17, 15) is 10.1 Å². The molecule has 2 rings (SSSR count). The SMILES string of the molecule is C[C]1[CH][C](C)[C](C)[C]1C.C[C]1[C](C)[C](C)[C](/C=C(\C#N)[N+](=O)[O-])[C]1C.[Fe+2]. The van der Waals surface area contributed by atoms with E-state index in [0.717, 1.165) is 29.6 Å². The van der Waals surface area contributed by atoms with Crippen LogP contribution in [0.1, 0.15) is 55.4 Å². The van der Waals surface area contributed by atoms with E-state index in [1.165, 1.54) is 29.7 Å². The molecule has 26 heavy (non-hydrogen) atoms. The Bertz CT molecular complexity index is 517. The van der Waals surface area contributed by atoms with Crippen LogP contribution in [0.5, 0.6) is 0 Å². The maximum atomic E-state index is 10.6. The summed E-state index contributed by atoms with van der Waals surface area (Å²) in [5, 5.41) is 19.2. The number of allylic oxidation sites excluding steroid dienone is 2. The van der Waals surface area contributed by atoms with Crippen LogP contribution < -0.4 is 0 Å². The second kappa shape index (κ2) is 10.5. The number of nitro groups is 1. The molecule has 0 aromatic carbocycles. The van der Waals surface area contributed by atoms with Gasteiger partial charge in [-0.2, -0.15) is 5.26 Å². The molecule has 138 valence electrons. The summed E-state index contributed by atoms with van der Waals surface area (Å²) in [5.74, 6) is 10.8. The third kappa shape index (κ3) is 5.57. The van der Waals surface area contributed by atoms with Gasteiger partial charge in [-0.3, -0.25) is 10.1 Å². The molecule has 0 atom stereocenters. The molecule has 2 fully saturated rings. The van der Waals surface area contributed by atoms with Gasteiger partial charge in [-0.15, -0.1) is 0 Å². The topological polar surface area (TPSA) is 66.9 Å². The van der Waals surface area contributed by atoms with Crippen LogP contribution >= 0.6 is 0 Å². The molecular weight excluding hydrogens is 368 g/mol. The fraction of sp³-hybridized carbons (Fsp3) is 0.381. The summed E-state index contributed by atoms with van der Waals surface area (Å²) in [5.41, 5.74) is -0.420. The third-order valence-electron chi connectivity index (χ3n) is 5.27. The van der Waals surface area contributed by atoms with Crippen molar-refractivity contribution in [2.45, 2.75) is 55.4 Å². The second-order valence-corrected chi connectivity index (χ2v) is 6.57. The summed E-state index contributed by atoms with van der Waals surface area (Å²) in [6.45, 7) is 16.5. The molecule has 4 nitrogen and oxygen atoms in total. The van der Waals surface area contributed by atoms with Gasteiger partial charge in [0.25, 0.3) is 0 Å². The Hall–Kier alpha value is -0.851. The molecule has 2 saturated carbocycles. The minimum atomic E-state index is -0.656. The van der Waals surface area contributed by atoms with E-state index >= 15 is 0 Å². The van der Waals surface area contributed by atoms with Crippen molar-refractivity contribution in [3.8, 4) is 6.07 Å². The van der Waals surface area contributed by atoms with Crippen LogP contribution in [0.3, 0.4) is 0 Å². The van der Waals surface area contributed by atoms with Crippen molar-refractivity contribution in [1.29, 1.82) is 5.26 Å². The zero-order chi connectivity index (χ0) is 19.5. The van der Waals surface area contributed by atoms with E-state index < -0.39 is 10.6 Å². The molecule has 5 heteroatoms. The van der Waals surface area contributed by atoms with E-state index in [2.05, 4.69) is 34.1 Å². The van der Waals surface area contributed by atoms with Gasteiger partial charge in [0.2, 0.25) is 0 Å². The van der Waals surface area contributed by atoms with Crippen LogP contribution in [0.4, 0.5) is 0 Å². The van der Waals surface area contributed by atoms with Crippen LogP contribution in [-0.4, -0.2) is 4.92 Å². The number of nitriles is 1. The van der Waals surface area contributed by atoms with Crippen LogP contribution in [0.25, 0.3) is 0 Å². The second-order valence-electron chi connectivity index (χ2n) is 6.57. The first-order chi connectivity index (χ1) is 11.5. The summed E-state index contributed by atoms with van der Waals surface area (Å²) in [6.07, 6.45) is 3.59. The Balaban J connectivity index is 0.000000532. The Morgan fingerprint density at radius 2 is 1.27 bits per heavy atom. The van der Waals surface area contributed by atoms with Gasteiger partial charge in [-0.05, 0) is 53.8 Å². The van der Waals surface area contributed by atoms with E-state index in [0.29, 0.717) is 0 Å². The Morgan fingerprint density at radius 3 is 1.50 bits per heavy atom. The maximum absolute atomic E-state index is 10.6. The molecule has 2 aliphatic rings. The van der Waals surface area contributed by atoms with Crippen molar-refractivity contribution >= 4 is 0 Å². The molecule has 0 aromatic heterocycles. The Kier molecular flexibility index (Phi) is 10.1. The van der Waals surface area contributed by atoms with Gasteiger partial charge in [0.1, 0.15) is 0 Å². The van der Waals surface area contributed by atoms with Crippen molar-refractivity contribution in [1.82, 2.24) is 0 Å². The zero-order valence-electron chi connectivity index (χ0n) is 16.7. The molecule has 0 amide bonds. The number of nitrogens with zero attached hydrogens (tertiary/aromatic N) is 2. The van der Waals surface area contributed by atoms with E-state index in [1.807, 2.05) is 27.7 Å². The zero-order valence-corrected chi connectivity index (χ0v) is 17.8. The number of hydrogen-bond donors (Lipinski definition) is 0. The molecule has 0 aliphatic heterocycles. The van der Waals surface area contributed by atoms with Gasteiger partial charge in [0.05, 0.1) is 4.92 Å². The van der Waals surface area contributed by atoms with Gasteiger partial charge < -0.3 is 0 Å². The normalized spacial score (nSPS) is 23.6. The van der Waals surface area contributed by atoms with Crippen LogP contribution in [0.15, 0.2) is 11.8 Å². The first-order valence-electron chi connectivity index (χ1n) is 8.22. The average molecular weight is 394 g/mol. The molecule has 0 N–H and O–H groups in total. The predicted octanol–water partition coefficient (Wildman–Crippen LogP) is 5.22. The van der Waals surface area contributed by atoms with Crippen LogP contribution in [-0.2, 0) is 17.1 Å². The molecule has 0 aromatic rings. The van der Waals surface area contributed by atoms with Gasteiger partial charge in [0, 0.05) is 12.0 Å². The fourth-order valence-electron chi connectivity index (χ4n) is 2.86. The van der Waals surface area contributed by atoms with Crippen molar-refractivity contribution < 1.29 is 22.0 Å². The molecule has 0 spiro atoms. The molecular formula is C21H26FeN2O2+2. The summed E-state index contributed by atoms with van der Waals surface area (Å²) in [4.78, 5) is 9.91. The third-order valence-corrected chi connectivity index (χ3v) is 5.27. The smallest absolute Gasteiger partial charge is 0.258 e. The van der Waals surface area contributed by atoms with Crippen molar-refractivity contribution in [2.24, 2.45) is 0 Å². The molecule has 0 saturated heterocycles. The first-order valence-corrected chi connectivity index (χ1v) is 8.22. The molecule has 0 bridgehead atoms. The maximum Gasteiger partial charge on any atom is 2.00 e. The fourth-order valence-corrected chi connectivity index (χ4v) is 2.86. The Morgan fingerprint density at radius 1 is 0.885 bits per heavy atom. The predicted molar refractivity (Wildman–Crippen MR) is 99.6 cm³/mol. The summed E-state index contributed by atoms with van der Waals surface area (Å²) >= 11 is 0. The van der Waals surface area contributed by atoms with Gasteiger partial charge in [-0.25, -0.2) is 0 Å². The van der Waals surface area contributed by atoms with Crippen molar-refractivity contribution in [3.05, 3.63) is 81.6 Å². The van der Waals surface area contributed by atoms with E-state index in [1.54, 1.807) is 6.07 Å². The van der Waals surface area contributed by atoms with Crippen molar-refractivity contribution in [3.63, 3.8) is 0 Å². The average Bonchev–Trinajstić information content (AvgIpc) is 2.89. The summed E-state index contributed by atoms with van der Waals surface area (Å²) in [6, 6.07) is 1.60. The quantitative estimate of drug-likeness (QED) is 0.279. The molecule has 0 unspecified atom stereocenters. The number of hydrogen-bond acceptors (Lipinski definition) is 3. The monoisotopic (exact) mass is 394 g/mol. The van der Waals surface area contributed by atoms with E-state index in [4.69, 9.17) is 5.26 Å². The van der Waals surface area contributed by atoms with Crippen LogP contribution in [0, 0.1) is 81.1 Å². The molecule has 2 aliphatic carbocycles. The van der Waals surface area contributed by atoms with Gasteiger partial charge >= 0.3 is 22.8 Å². The standard InChI is InChI=1S/C12H13N2O2.C9H13.Fe/c1-7-8(2)10(4)12(9(7)3)5-11(6-13)14(15)16;1-6-5-7(2)9(4)8(6)3;/h5H,1-4H3;5H,1-4H3;/q;;+2/b11-5+;;. The van der Waals surface area contributed by atoms with Crippen molar-refractivity contribution in [2.75, 3.05) is 0 Å². The summed E-state index contributed by atoms with van der Waals surface area (Å²) < 4.78 is 0. The Labute approximate surface area is 170 Å². The first kappa shape index (κ1) is 25.1. The summed E-state index contributed by atoms with van der Waals surface area (Å²) in [7, 11) is 0. The van der Waals surface area contributed by atoms with Gasteiger partial charge in [-0.1, -0.05) is 55.4 Å². The minimum Gasteiger partial charge on any atom is -0.258 e. The largest absolute Gasteiger partial charge is 2.00 e. The molecule has 0 heterocycles. The van der Waals surface area contributed by atoms with Crippen LogP contribution in [0.2, 0.25) is 0 Å². The molecule has 10 radical (unpaired) electrons. The van der Waals surface area contributed by atoms with Gasteiger partial charge in [0.15, 0.2) is 6.07 Å².